The molecule has 3 heteroatoms. The molecule has 0 fully saturated rings. The molecular weight excluding hydrogens is 274 g/mol. The van der Waals surface area contributed by atoms with Gasteiger partial charge in [-0.2, -0.15) is 0 Å². The van der Waals surface area contributed by atoms with Crippen LogP contribution in [-0.4, -0.2) is 12.1 Å². The summed E-state index contributed by atoms with van der Waals surface area (Å²) >= 11 is 0. The van der Waals surface area contributed by atoms with E-state index in [0.717, 1.165) is 11.1 Å². The molecule has 1 N–H and O–H groups in total. The third-order valence-corrected chi connectivity index (χ3v) is 4.37. The van der Waals surface area contributed by atoms with Crippen LogP contribution in [-0.2, 0) is 16.1 Å². The SMILES string of the molecule is O=C1N[C@H](OCc2ccccc2)[C@H]2C=C[C@H]1c1ccccc12. The molecule has 0 aromatic heterocycles. The van der Waals surface area contributed by atoms with Crippen LogP contribution in [0.25, 0.3) is 0 Å². The van der Waals surface area contributed by atoms with E-state index in [1.54, 1.807) is 0 Å². The van der Waals surface area contributed by atoms with Gasteiger partial charge in [-0.05, 0) is 16.7 Å². The van der Waals surface area contributed by atoms with E-state index in [2.05, 4.69) is 17.5 Å². The molecule has 2 aliphatic heterocycles. The lowest BCUT2D eigenvalue weighted by atomic mass is 9.83. The Morgan fingerprint density at radius 2 is 1.64 bits per heavy atom. The predicted molar refractivity (Wildman–Crippen MR) is 84.2 cm³/mol. The molecular formula is C19H17NO2. The molecule has 1 amide bonds. The van der Waals surface area contributed by atoms with E-state index < -0.39 is 0 Å². The van der Waals surface area contributed by atoms with Crippen molar-refractivity contribution in [2.24, 2.45) is 0 Å². The van der Waals surface area contributed by atoms with Gasteiger partial charge in [0, 0.05) is 5.92 Å². The highest BCUT2D eigenvalue weighted by Gasteiger charge is 2.37. The third-order valence-electron chi connectivity index (χ3n) is 4.37. The molecule has 3 aliphatic rings. The van der Waals surface area contributed by atoms with E-state index in [0.29, 0.717) is 6.61 Å². The number of hydrogen-bond donors (Lipinski definition) is 1. The quantitative estimate of drug-likeness (QED) is 0.883. The van der Waals surface area contributed by atoms with Crippen molar-refractivity contribution in [1.82, 2.24) is 5.32 Å². The Kier molecular flexibility index (Phi) is 3.28. The molecule has 3 nitrogen and oxygen atoms in total. The fraction of sp³-hybridized carbons (Fsp3) is 0.211. The fourth-order valence-electron chi connectivity index (χ4n) is 3.25. The van der Waals surface area contributed by atoms with Crippen LogP contribution in [0, 0.1) is 0 Å². The van der Waals surface area contributed by atoms with E-state index in [-0.39, 0.29) is 24.0 Å². The molecule has 110 valence electrons. The number of carbonyl (C=O) groups is 1. The largest absolute Gasteiger partial charge is 0.353 e. The van der Waals surface area contributed by atoms with Gasteiger partial charge in [0.2, 0.25) is 5.91 Å². The topological polar surface area (TPSA) is 38.3 Å². The highest BCUT2D eigenvalue weighted by Crippen LogP contribution is 2.39. The lowest BCUT2D eigenvalue weighted by Gasteiger charge is -2.25. The van der Waals surface area contributed by atoms with Gasteiger partial charge in [-0.3, -0.25) is 4.79 Å². The summed E-state index contributed by atoms with van der Waals surface area (Å²) in [5, 5.41) is 3.03. The number of rotatable bonds is 3. The van der Waals surface area contributed by atoms with Crippen molar-refractivity contribution in [3.8, 4) is 0 Å². The number of benzene rings is 2. The molecule has 2 bridgehead atoms. The van der Waals surface area contributed by atoms with Crippen molar-refractivity contribution in [2.45, 2.75) is 24.7 Å². The Labute approximate surface area is 129 Å². The number of carbonyl (C=O) groups excluding carboxylic acids is 1. The van der Waals surface area contributed by atoms with E-state index in [1.165, 1.54) is 5.56 Å². The van der Waals surface area contributed by atoms with Crippen LogP contribution in [0.1, 0.15) is 28.5 Å². The predicted octanol–water partition coefficient (Wildman–Crippen LogP) is 3.10. The summed E-state index contributed by atoms with van der Waals surface area (Å²) in [4.78, 5) is 12.4. The molecule has 0 unspecified atom stereocenters. The zero-order valence-electron chi connectivity index (χ0n) is 12.1. The smallest absolute Gasteiger partial charge is 0.233 e. The van der Waals surface area contributed by atoms with Gasteiger partial charge in [-0.1, -0.05) is 66.7 Å². The Bertz CT molecular complexity index is 723. The molecule has 3 atom stereocenters. The average molecular weight is 291 g/mol. The normalized spacial score (nSPS) is 25.5. The molecule has 0 radical (unpaired) electrons. The number of ether oxygens (including phenoxy) is 1. The molecule has 0 spiro atoms. The Morgan fingerprint density at radius 1 is 0.909 bits per heavy atom. The number of amides is 1. The summed E-state index contributed by atoms with van der Waals surface area (Å²) in [6.45, 7) is 0.489. The van der Waals surface area contributed by atoms with E-state index >= 15 is 0 Å². The molecule has 0 saturated carbocycles. The summed E-state index contributed by atoms with van der Waals surface area (Å²) in [5.74, 6) is -0.109. The molecule has 2 aromatic rings. The van der Waals surface area contributed by atoms with E-state index in [9.17, 15) is 4.79 Å². The van der Waals surface area contributed by atoms with Crippen molar-refractivity contribution >= 4 is 5.91 Å². The maximum atomic E-state index is 12.4. The minimum Gasteiger partial charge on any atom is -0.353 e. The summed E-state index contributed by atoms with van der Waals surface area (Å²) in [6.07, 6.45) is 3.77. The molecule has 22 heavy (non-hydrogen) atoms. The van der Waals surface area contributed by atoms with Crippen LogP contribution in [0.3, 0.4) is 0 Å². The number of hydrogen-bond acceptors (Lipinski definition) is 2. The minimum atomic E-state index is -0.322. The van der Waals surface area contributed by atoms with Crippen molar-refractivity contribution in [3.63, 3.8) is 0 Å². The Balaban J connectivity index is 1.62. The van der Waals surface area contributed by atoms with Crippen LogP contribution < -0.4 is 5.32 Å². The first-order valence-corrected chi connectivity index (χ1v) is 7.56. The summed E-state index contributed by atoms with van der Waals surface area (Å²) in [5.41, 5.74) is 3.39. The van der Waals surface area contributed by atoms with Crippen LogP contribution in [0.5, 0.6) is 0 Å². The first-order valence-electron chi connectivity index (χ1n) is 7.56. The standard InChI is InChI=1S/C19H17NO2/c21-18-16-10-11-17(15-9-5-4-8-14(15)16)19(20-18)22-12-13-6-2-1-3-7-13/h1-11,16-17,19H,12H2,(H,20,21)/t16-,17-,19+/m0/s1. The maximum Gasteiger partial charge on any atom is 0.233 e. The van der Waals surface area contributed by atoms with Crippen molar-refractivity contribution in [2.75, 3.05) is 0 Å². The second-order valence-corrected chi connectivity index (χ2v) is 5.74. The van der Waals surface area contributed by atoms with Gasteiger partial charge in [0.1, 0.15) is 6.23 Å². The van der Waals surface area contributed by atoms with Crippen molar-refractivity contribution in [1.29, 1.82) is 0 Å². The minimum absolute atomic E-state index is 0.0155. The van der Waals surface area contributed by atoms with E-state index in [1.807, 2.05) is 54.6 Å². The van der Waals surface area contributed by atoms with Gasteiger partial charge in [-0.15, -0.1) is 0 Å². The Morgan fingerprint density at radius 3 is 2.45 bits per heavy atom. The lowest BCUT2D eigenvalue weighted by Crippen LogP contribution is -2.38. The zero-order chi connectivity index (χ0) is 14.9. The lowest BCUT2D eigenvalue weighted by molar-refractivity contribution is -0.125. The monoisotopic (exact) mass is 291 g/mol. The Hall–Kier alpha value is -2.39. The third kappa shape index (κ3) is 2.24. The van der Waals surface area contributed by atoms with Gasteiger partial charge >= 0.3 is 0 Å². The summed E-state index contributed by atoms with van der Waals surface area (Å²) in [7, 11) is 0. The molecule has 5 rings (SSSR count). The van der Waals surface area contributed by atoms with Crippen LogP contribution in [0.15, 0.2) is 66.7 Å². The highest BCUT2D eigenvalue weighted by molar-refractivity contribution is 5.88. The van der Waals surface area contributed by atoms with Crippen LogP contribution in [0.2, 0.25) is 0 Å². The number of fused-ring (bicyclic) bond motifs is 2. The van der Waals surface area contributed by atoms with Gasteiger partial charge < -0.3 is 10.1 Å². The second-order valence-electron chi connectivity index (χ2n) is 5.74. The zero-order valence-corrected chi connectivity index (χ0v) is 12.1. The van der Waals surface area contributed by atoms with Gasteiger partial charge in [0.25, 0.3) is 0 Å². The maximum absolute atomic E-state index is 12.4. The van der Waals surface area contributed by atoms with E-state index in [4.69, 9.17) is 4.74 Å². The summed E-state index contributed by atoms with van der Waals surface area (Å²) < 4.78 is 6.02. The molecule has 0 saturated heterocycles. The van der Waals surface area contributed by atoms with Crippen LogP contribution in [0.4, 0.5) is 0 Å². The molecule has 2 heterocycles. The fourth-order valence-corrected chi connectivity index (χ4v) is 3.25. The highest BCUT2D eigenvalue weighted by atomic mass is 16.5. The first kappa shape index (κ1) is 13.3. The number of nitrogens with one attached hydrogen (secondary N) is 1. The van der Waals surface area contributed by atoms with Gasteiger partial charge in [0.05, 0.1) is 12.5 Å². The average Bonchev–Trinajstić information content (AvgIpc) is 2.80. The molecule has 1 aliphatic carbocycles. The van der Waals surface area contributed by atoms with Gasteiger partial charge in [0.15, 0.2) is 0 Å². The first-order chi connectivity index (χ1) is 10.8. The second kappa shape index (κ2) is 5.43. The van der Waals surface area contributed by atoms with Crippen LogP contribution >= 0.6 is 0 Å². The van der Waals surface area contributed by atoms with Crippen molar-refractivity contribution in [3.05, 3.63) is 83.4 Å². The van der Waals surface area contributed by atoms with Crippen molar-refractivity contribution < 1.29 is 9.53 Å². The molecule has 2 aromatic carbocycles. The summed E-state index contributed by atoms with van der Waals surface area (Å²) in [6, 6.07) is 18.2. The van der Waals surface area contributed by atoms with Gasteiger partial charge in [-0.25, -0.2) is 0 Å².